The van der Waals surface area contributed by atoms with E-state index in [-0.39, 0.29) is 11.8 Å². The Balaban J connectivity index is 1.29. The third kappa shape index (κ3) is 4.87. The van der Waals surface area contributed by atoms with Crippen LogP contribution in [-0.4, -0.2) is 46.2 Å². The second-order valence-corrected chi connectivity index (χ2v) is 6.83. The van der Waals surface area contributed by atoms with Crippen LogP contribution in [0.2, 0.25) is 0 Å². The first-order valence-corrected chi connectivity index (χ1v) is 9.73. The van der Waals surface area contributed by atoms with Crippen LogP contribution in [0.15, 0.2) is 53.3 Å². The van der Waals surface area contributed by atoms with E-state index < -0.39 is 6.10 Å². The highest BCUT2D eigenvalue weighted by molar-refractivity contribution is 5.98. The Morgan fingerprint density at radius 2 is 2.13 bits per heavy atom. The van der Waals surface area contributed by atoms with Crippen molar-refractivity contribution in [3.8, 4) is 11.4 Å². The molecule has 2 aromatic heterocycles. The maximum absolute atomic E-state index is 12.4. The highest BCUT2D eigenvalue weighted by Crippen LogP contribution is 2.17. The number of carbonyl (C=O) groups is 2. The van der Waals surface area contributed by atoms with E-state index in [9.17, 15) is 9.59 Å². The number of hydrogen-bond donors (Lipinski definition) is 2. The second-order valence-electron chi connectivity index (χ2n) is 6.83. The molecule has 2 amide bonds. The van der Waals surface area contributed by atoms with Crippen LogP contribution in [0.3, 0.4) is 0 Å². The summed E-state index contributed by atoms with van der Waals surface area (Å²) in [5.41, 5.74) is 1.77. The normalized spacial score (nSPS) is 15.7. The molecule has 1 aromatic carbocycles. The van der Waals surface area contributed by atoms with Crippen molar-refractivity contribution in [1.29, 1.82) is 0 Å². The average Bonchev–Trinajstić information content (AvgIpc) is 3.47. The highest BCUT2D eigenvalue weighted by Gasteiger charge is 2.23. The van der Waals surface area contributed by atoms with Crippen molar-refractivity contribution in [2.24, 2.45) is 0 Å². The molecule has 30 heavy (non-hydrogen) atoms. The van der Waals surface area contributed by atoms with Gasteiger partial charge >= 0.3 is 0 Å². The molecule has 1 atom stereocenters. The molecule has 1 saturated heterocycles. The van der Waals surface area contributed by atoms with Gasteiger partial charge in [-0.05, 0) is 43.2 Å². The van der Waals surface area contributed by atoms with E-state index in [1.165, 1.54) is 0 Å². The predicted molar refractivity (Wildman–Crippen MR) is 108 cm³/mol. The number of pyridine rings is 1. The first kappa shape index (κ1) is 19.7. The van der Waals surface area contributed by atoms with Crippen LogP contribution < -0.4 is 10.6 Å². The lowest BCUT2D eigenvalue weighted by Gasteiger charge is -2.11. The molecular formula is C21H21N5O4. The smallest absolute Gasteiger partial charge is 0.253 e. The Labute approximate surface area is 172 Å². The number of amides is 2. The monoisotopic (exact) mass is 407 g/mol. The Kier molecular flexibility index (Phi) is 6.09. The molecule has 0 spiro atoms. The van der Waals surface area contributed by atoms with Crippen molar-refractivity contribution >= 4 is 17.5 Å². The minimum atomic E-state index is -0.423. The minimum Gasteiger partial charge on any atom is -0.368 e. The fourth-order valence-corrected chi connectivity index (χ4v) is 3.10. The molecular weight excluding hydrogens is 386 g/mol. The standard InChI is InChI=1S/C21H21N5O4/c27-20(14-4-1-6-16(12-14)24-21(28)17-7-3-11-29-17)23-10-8-18-25-19(26-30-18)15-5-2-9-22-13-15/h1-2,4-6,9,12-13,17H,3,7-8,10-11H2,(H,23,27)(H,24,28)/t17-/m1/s1. The zero-order valence-corrected chi connectivity index (χ0v) is 16.2. The SMILES string of the molecule is O=C(NCCc1nc(-c2cccnc2)no1)c1cccc(NC(=O)[C@H]2CCCO2)c1. The van der Waals surface area contributed by atoms with Crippen LogP contribution in [0.1, 0.15) is 29.1 Å². The lowest BCUT2D eigenvalue weighted by molar-refractivity contribution is -0.124. The van der Waals surface area contributed by atoms with Crippen LogP contribution in [0.4, 0.5) is 5.69 Å². The summed E-state index contributed by atoms with van der Waals surface area (Å²) in [6.07, 6.45) is 4.89. The van der Waals surface area contributed by atoms with E-state index in [4.69, 9.17) is 9.26 Å². The lowest BCUT2D eigenvalue weighted by atomic mass is 10.1. The summed E-state index contributed by atoms with van der Waals surface area (Å²) in [7, 11) is 0. The van der Waals surface area contributed by atoms with Gasteiger partial charge in [-0.3, -0.25) is 14.6 Å². The molecule has 2 N–H and O–H groups in total. The summed E-state index contributed by atoms with van der Waals surface area (Å²) >= 11 is 0. The maximum atomic E-state index is 12.4. The molecule has 9 heteroatoms. The van der Waals surface area contributed by atoms with Gasteiger partial charge in [0.2, 0.25) is 11.7 Å². The number of carbonyl (C=O) groups excluding carboxylic acids is 2. The average molecular weight is 407 g/mol. The van der Waals surface area contributed by atoms with Gasteiger partial charge in [-0.25, -0.2) is 0 Å². The molecule has 1 fully saturated rings. The van der Waals surface area contributed by atoms with E-state index in [2.05, 4.69) is 25.8 Å². The summed E-state index contributed by atoms with van der Waals surface area (Å²) in [5.74, 6) is 0.437. The van der Waals surface area contributed by atoms with E-state index in [1.807, 2.05) is 6.07 Å². The van der Waals surface area contributed by atoms with Crippen molar-refractivity contribution in [3.63, 3.8) is 0 Å². The quantitative estimate of drug-likeness (QED) is 0.616. The number of benzene rings is 1. The molecule has 0 radical (unpaired) electrons. The van der Waals surface area contributed by atoms with Crippen LogP contribution in [0.5, 0.6) is 0 Å². The van der Waals surface area contributed by atoms with Crippen molar-refractivity contribution in [2.75, 3.05) is 18.5 Å². The van der Waals surface area contributed by atoms with Gasteiger partial charge in [0.25, 0.3) is 11.8 Å². The lowest BCUT2D eigenvalue weighted by Crippen LogP contribution is -2.28. The van der Waals surface area contributed by atoms with Crippen molar-refractivity contribution in [3.05, 3.63) is 60.2 Å². The van der Waals surface area contributed by atoms with Gasteiger partial charge in [0, 0.05) is 48.8 Å². The molecule has 154 valence electrons. The topological polar surface area (TPSA) is 119 Å². The van der Waals surface area contributed by atoms with Gasteiger partial charge in [0.05, 0.1) is 0 Å². The molecule has 0 bridgehead atoms. The molecule has 1 aliphatic heterocycles. The molecule has 3 aromatic rings. The minimum absolute atomic E-state index is 0.189. The molecule has 0 saturated carbocycles. The van der Waals surface area contributed by atoms with Crippen molar-refractivity contribution in [2.45, 2.75) is 25.4 Å². The molecule has 1 aliphatic rings. The highest BCUT2D eigenvalue weighted by atomic mass is 16.5. The summed E-state index contributed by atoms with van der Waals surface area (Å²) < 4.78 is 10.6. The third-order valence-corrected chi connectivity index (χ3v) is 4.63. The fourth-order valence-electron chi connectivity index (χ4n) is 3.10. The van der Waals surface area contributed by atoms with Gasteiger partial charge in [-0.1, -0.05) is 11.2 Å². The maximum Gasteiger partial charge on any atom is 0.253 e. The summed E-state index contributed by atoms with van der Waals surface area (Å²) in [4.78, 5) is 32.9. The van der Waals surface area contributed by atoms with Crippen LogP contribution >= 0.6 is 0 Å². The Morgan fingerprint density at radius 1 is 1.20 bits per heavy atom. The Morgan fingerprint density at radius 3 is 2.93 bits per heavy atom. The Hall–Kier alpha value is -3.59. The number of anilines is 1. The van der Waals surface area contributed by atoms with Crippen LogP contribution in [0.25, 0.3) is 11.4 Å². The molecule has 0 unspecified atom stereocenters. The first-order valence-electron chi connectivity index (χ1n) is 9.73. The van der Waals surface area contributed by atoms with Crippen molar-refractivity contribution < 1.29 is 18.8 Å². The van der Waals surface area contributed by atoms with Gasteiger partial charge in [-0.15, -0.1) is 0 Å². The summed E-state index contributed by atoms with van der Waals surface area (Å²) in [6, 6.07) is 10.4. The second kappa shape index (κ2) is 9.27. The van der Waals surface area contributed by atoms with Gasteiger partial charge < -0.3 is 19.9 Å². The Bertz CT molecular complexity index is 1020. The van der Waals surface area contributed by atoms with E-state index in [0.717, 1.165) is 12.0 Å². The summed E-state index contributed by atoms with van der Waals surface area (Å²) in [5, 5.41) is 9.54. The van der Waals surface area contributed by atoms with Gasteiger partial charge in [0.15, 0.2) is 0 Å². The zero-order chi connectivity index (χ0) is 20.8. The number of nitrogens with one attached hydrogen (secondary N) is 2. The fraction of sp³-hybridized carbons (Fsp3) is 0.286. The number of rotatable bonds is 7. The number of nitrogens with zero attached hydrogens (tertiary/aromatic N) is 3. The molecule has 3 heterocycles. The van der Waals surface area contributed by atoms with E-state index in [1.54, 1.807) is 42.7 Å². The largest absolute Gasteiger partial charge is 0.368 e. The van der Waals surface area contributed by atoms with Gasteiger partial charge in [-0.2, -0.15) is 4.98 Å². The summed E-state index contributed by atoms with van der Waals surface area (Å²) in [6.45, 7) is 0.935. The molecule has 4 rings (SSSR count). The zero-order valence-electron chi connectivity index (χ0n) is 16.2. The number of aromatic nitrogens is 3. The molecule has 0 aliphatic carbocycles. The van der Waals surface area contributed by atoms with Gasteiger partial charge in [0.1, 0.15) is 6.10 Å². The third-order valence-electron chi connectivity index (χ3n) is 4.63. The predicted octanol–water partition coefficient (Wildman–Crippen LogP) is 2.22. The first-order chi connectivity index (χ1) is 14.7. The molecule has 9 nitrogen and oxygen atoms in total. The number of ether oxygens (including phenoxy) is 1. The van der Waals surface area contributed by atoms with E-state index in [0.29, 0.717) is 49.0 Å². The van der Waals surface area contributed by atoms with E-state index >= 15 is 0 Å². The van der Waals surface area contributed by atoms with Crippen LogP contribution in [0, 0.1) is 0 Å². The van der Waals surface area contributed by atoms with Crippen LogP contribution in [-0.2, 0) is 16.0 Å². The van der Waals surface area contributed by atoms with Crippen molar-refractivity contribution in [1.82, 2.24) is 20.4 Å². The number of hydrogen-bond acceptors (Lipinski definition) is 7.